The van der Waals surface area contributed by atoms with Crippen molar-refractivity contribution in [3.63, 3.8) is 0 Å². The molecule has 0 bridgehead atoms. The highest BCUT2D eigenvalue weighted by molar-refractivity contribution is 5.81. The highest BCUT2D eigenvalue weighted by Crippen LogP contribution is 2.38. The minimum atomic E-state index is -0.584. The third kappa shape index (κ3) is 2.38. The number of methoxy groups -OCH3 is 1. The van der Waals surface area contributed by atoms with Crippen molar-refractivity contribution < 1.29 is 9.53 Å². The molecule has 1 aromatic heterocycles. The Balaban J connectivity index is 2.16. The molecule has 2 rings (SSSR count). The number of carbonyl (C=O) groups is 1. The molecule has 0 aromatic carbocycles. The van der Waals surface area contributed by atoms with Gasteiger partial charge in [0.1, 0.15) is 18.2 Å². The molecule has 1 aromatic rings. The zero-order valence-corrected chi connectivity index (χ0v) is 11.1. The fourth-order valence-electron chi connectivity index (χ4n) is 2.77. The molecular weight excluding hydrogens is 232 g/mol. The molecule has 0 aliphatic heterocycles. The Morgan fingerprint density at radius 2 is 2.39 bits per heavy atom. The quantitative estimate of drug-likeness (QED) is 0.807. The highest BCUT2D eigenvalue weighted by Gasteiger charge is 2.47. The molecule has 0 amide bonds. The summed E-state index contributed by atoms with van der Waals surface area (Å²) in [7, 11) is 1.44. The van der Waals surface area contributed by atoms with E-state index in [1.165, 1.54) is 13.4 Å². The Morgan fingerprint density at radius 3 is 2.94 bits per heavy atom. The van der Waals surface area contributed by atoms with Crippen molar-refractivity contribution in [1.29, 1.82) is 0 Å². The maximum absolute atomic E-state index is 12.1. The zero-order chi connectivity index (χ0) is 13.2. The number of esters is 1. The summed E-state index contributed by atoms with van der Waals surface area (Å²) < 4.78 is 6.78. The number of aromatic nitrogens is 3. The summed E-state index contributed by atoms with van der Waals surface area (Å²) in [5, 5.41) is 7.52. The van der Waals surface area contributed by atoms with Gasteiger partial charge in [0.05, 0.1) is 13.2 Å². The smallest absolute Gasteiger partial charge is 0.326 e. The molecule has 2 atom stereocenters. The monoisotopic (exact) mass is 252 g/mol. The zero-order valence-electron chi connectivity index (χ0n) is 11.1. The third-order valence-corrected chi connectivity index (χ3v) is 3.44. The Labute approximate surface area is 107 Å². The van der Waals surface area contributed by atoms with Crippen LogP contribution in [0, 0.1) is 0 Å². The second-order valence-corrected chi connectivity index (χ2v) is 5.14. The molecule has 18 heavy (non-hydrogen) atoms. The molecule has 1 aliphatic carbocycles. The van der Waals surface area contributed by atoms with Gasteiger partial charge < -0.3 is 4.74 Å². The second kappa shape index (κ2) is 5.06. The van der Waals surface area contributed by atoms with E-state index >= 15 is 0 Å². The topological polar surface area (TPSA) is 69.0 Å². The predicted molar refractivity (Wildman–Crippen MR) is 65.9 cm³/mol. The van der Waals surface area contributed by atoms with Gasteiger partial charge in [-0.05, 0) is 33.1 Å². The van der Waals surface area contributed by atoms with Crippen molar-refractivity contribution in [2.45, 2.75) is 50.7 Å². The lowest BCUT2D eigenvalue weighted by atomic mass is 9.96. The van der Waals surface area contributed by atoms with Crippen molar-refractivity contribution in [3.8, 4) is 0 Å². The van der Waals surface area contributed by atoms with Gasteiger partial charge in [-0.15, -0.1) is 0 Å². The lowest BCUT2D eigenvalue weighted by Gasteiger charge is -2.30. The first kappa shape index (κ1) is 13.0. The molecule has 2 unspecified atom stereocenters. The first-order valence-corrected chi connectivity index (χ1v) is 6.27. The number of carbonyl (C=O) groups excluding carboxylic acids is 1. The summed E-state index contributed by atoms with van der Waals surface area (Å²) in [5.41, 5.74) is -0.584. The summed E-state index contributed by atoms with van der Waals surface area (Å²) in [6.45, 7) is 4.07. The molecule has 1 fully saturated rings. The predicted octanol–water partition coefficient (Wildman–Crippen LogP) is 0.913. The van der Waals surface area contributed by atoms with Gasteiger partial charge in [0.2, 0.25) is 0 Å². The van der Waals surface area contributed by atoms with Crippen LogP contribution in [0.25, 0.3) is 0 Å². The lowest BCUT2D eigenvalue weighted by molar-refractivity contribution is -0.148. The normalized spacial score (nSPS) is 27.7. The molecule has 100 valence electrons. The number of hydrogen-bond acceptors (Lipinski definition) is 5. The SMILES string of the molecule is COC(=O)C1(NC(C)C)CCC(n2cncn2)C1. The van der Waals surface area contributed by atoms with Gasteiger partial charge in [0.15, 0.2) is 0 Å². The van der Waals surface area contributed by atoms with Crippen molar-refractivity contribution in [2.75, 3.05) is 7.11 Å². The van der Waals surface area contributed by atoms with Crippen molar-refractivity contribution in [3.05, 3.63) is 12.7 Å². The number of nitrogens with one attached hydrogen (secondary N) is 1. The Kier molecular flexibility index (Phi) is 3.65. The largest absolute Gasteiger partial charge is 0.468 e. The first-order chi connectivity index (χ1) is 8.57. The van der Waals surface area contributed by atoms with E-state index in [0.717, 1.165) is 12.8 Å². The number of nitrogens with zero attached hydrogens (tertiary/aromatic N) is 3. The fraction of sp³-hybridized carbons (Fsp3) is 0.750. The van der Waals surface area contributed by atoms with Gasteiger partial charge in [-0.3, -0.25) is 10.1 Å². The van der Waals surface area contributed by atoms with Crippen LogP contribution in [0.5, 0.6) is 0 Å². The van der Waals surface area contributed by atoms with E-state index in [0.29, 0.717) is 6.42 Å². The van der Waals surface area contributed by atoms with Crippen LogP contribution in [0.3, 0.4) is 0 Å². The van der Waals surface area contributed by atoms with E-state index in [2.05, 4.69) is 15.4 Å². The molecule has 0 saturated heterocycles. The maximum atomic E-state index is 12.1. The van der Waals surface area contributed by atoms with E-state index in [9.17, 15) is 4.79 Å². The van der Waals surface area contributed by atoms with Crippen LogP contribution < -0.4 is 5.32 Å². The van der Waals surface area contributed by atoms with Crippen LogP contribution >= 0.6 is 0 Å². The van der Waals surface area contributed by atoms with E-state index in [-0.39, 0.29) is 18.1 Å². The van der Waals surface area contributed by atoms with Gasteiger partial charge in [0, 0.05) is 6.04 Å². The summed E-state index contributed by atoms with van der Waals surface area (Å²) in [5.74, 6) is -0.182. The Morgan fingerprint density at radius 1 is 1.61 bits per heavy atom. The number of rotatable bonds is 4. The van der Waals surface area contributed by atoms with Crippen LogP contribution in [0.4, 0.5) is 0 Å². The molecule has 0 spiro atoms. The maximum Gasteiger partial charge on any atom is 0.326 e. The average molecular weight is 252 g/mol. The van der Waals surface area contributed by atoms with Crippen LogP contribution in [0.1, 0.15) is 39.2 Å². The van der Waals surface area contributed by atoms with Crippen molar-refractivity contribution in [1.82, 2.24) is 20.1 Å². The van der Waals surface area contributed by atoms with E-state index < -0.39 is 5.54 Å². The molecule has 1 aliphatic rings. The fourth-order valence-corrected chi connectivity index (χ4v) is 2.77. The third-order valence-electron chi connectivity index (χ3n) is 3.44. The standard InChI is InChI=1S/C12H20N4O2/c1-9(2)15-12(11(17)18-3)5-4-10(6-12)16-8-13-7-14-16/h7-10,15H,4-6H2,1-3H3. The molecule has 1 heterocycles. The number of ether oxygens (including phenoxy) is 1. The average Bonchev–Trinajstić information content (AvgIpc) is 2.96. The van der Waals surface area contributed by atoms with Gasteiger partial charge in [-0.2, -0.15) is 5.10 Å². The van der Waals surface area contributed by atoms with Crippen LogP contribution in [0.2, 0.25) is 0 Å². The van der Waals surface area contributed by atoms with E-state index in [4.69, 9.17) is 4.74 Å². The summed E-state index contributed by atoms with van der Waals surface area (Å²) in [4.78, 5) is 16.0. The van der Waals surface area contributed by atoms with Crippen molar-refractivity contribution in [2.24, 2.45) is 0 Å². The summed E-state index contributed by atoms with van der Waals surface area (Å²) in [6.07, 6.45) is 5.59. The van der Waals surface area contributed by atoms with E-state index in [1.54, 1.807) is 6.33 Å². The highest BCUT2D eigenvalue weighted by atomic mass is 16.5. The molecule has 1 saturated carbocycles. The van der Waals surface area contributed by atoms with Crippen LogP contribution in [-0.2, 0) is 9.53 Å². The van der Waals surface area contributed by atoms with Gasteiger partial charge in [-0.25, -0.2) is 9.67 Å². The first-order valence-electron chi connectivity index (χ1n) is 6.27. The van der Waals surface area contributed by atoms with Gasteiger partial charge >= 0.3 is 5.97 Å². The summed E-state index contributed by atoms with van der Waals surface area (Å²) in [6, 6.07) is 0.441. The molecule has 0 radical (unpaired) electrons. The molecule has 6 heteroatoms. The lowest BCUT2D eigenvalue weighted by Crippen LogP contribution is -2.53. The minimum absolute atomic E-state index is 0.182. The molecule has 6 nitrogen and oxygen atoms in total. The molecular formula is C12H20N4O2. The number of hydrogen-bond donors (Lipinski definition) is 1. The van der Waals surface area contributed by atoms with Crippen LogP contribution in [-0.4, -0.2) is 39.4 Å². The second-order valence-electron chi connectivity index (χ2n) is 5.14. The van der Waals surface area contributed by atoms with E-state index in [1.807, 2.05) is 18.5 Å². The Hall–Kier alpha value is -1.43. The Bertz CT molecular complexity index is 404. The van der Waals surface area contributed by atoms with Crippen LogP contribution in [0.15, 0.2) is 12.7 Å². The summed E-state index contributed by atoms with van der Waals surface area (Å²) >= 11 is 0. The minimum Gasteiger partial charge on any atom is -0.468 e. The van der Waals surface area contributed by atoms with Gasteiger partial charge in [-0.1, -0.05) is 0 Å². The van der Waals surface area contributed by atoms with Gasteiger partial charge in [0.25, 0.3) is 0 Å². The molecule has 1 N–H and O–H groups in total. The van der Waals surface area contributed by atoms with Crippen molar-refractivity contribution >= 4 is 5.97 Å².